The van der Waals surface area contributed by atoms with Crippen LogP contribution in [-0.4, -0.2) is 38.8 Å². The molecule has 1 aliphatic rings. The number of halogens is 1. The van der Waals surface area contributed by atoms with Crippen molar-refractivity contribution in [3.63, 3.8) is 0 Å². The minimum absolute atomic E-state index is 0.0206. The Kier molecular flexibility index (Phi) is 5.42. The summed E-state index contributed by atoms with van der Waals surface area (Å²) < 4.78 is 14.8. The monoisotopic (exact) mass is 396 g/mol. The summed E-state index contributed by atoms with van der Waals surface area (Å²) in [5.74, 6) is 1.52. The van der Waals surface area contributed by atoms with E-state index in [2.05, 4.69) is 34.3 Å². The molecule has 1 unspecified atom stereocenters. The van der Waals surface area contributed by atoms with Gasteiger partial charge in [-0.3, -0.25) is 4.79 Å². The summed E-state index contributed by atoms with van der Waals surface area (Å²) in [4.78, 5) is 14.8. The van der Waals surface area contributed by atoms with Crippen LogP contribution in [0.4, 0.5) is 10.2 Å². The molecule has 7 nitrogen and oxygen atoms in total. The highest BCUT2D eigenvalue weighted by atomic mass is 19.1. The number of aromatic nitrogens is 4. The molecule has 0 spiro atoms. The van der Waals surface area contributed by atoms with Crippen LogP contribution in [0.3, 0.4) is 0 Å². The summed E-state index contributed by atoms with van der Waals surface area (Å²) in [5.41, 5.74) is 1.61. The summed E-state index contributed by atoms with van der Waals surface area (Å²) in [6, 6.07) is 10.0. The molecule has 1 saturated heterocycles. The van der Waals surface area contributed by atoms with Crippen molar-refractivity contribution in [3.05, 3.63) is 53.6 Å². The van der Waals surface area contributed by atoms with Crippen molar-refractivity contribution in [3.8, 4) is 0 Å². The number of fused-ring (bicyclic) bond motifs is 1. The van der Waals surface area contributed by atoms with Crippen molar-refractivity contribution in [1.29, 1.82) is 0 Å². The topological polar surface area (TPSA) is 75.4 Å². The lowest BCUT2D eigenvalue weighted by Crippen LogP contribution is -2.43. The lowest BCUT2D eigenvalue weighted by molar-refractivity contribution is -0.125. The van der Waals surface area contributed by atoms with Gasteiger partial charge in [-0.15, -0.1) is 15.3 Å². The number of hydrogen-bond donors (Lipinski definition) is 1. The van der Waals surface area contributed by atoms with Gasteiger partial charge in [-0.2, -0.15) is 4.52 Å². The Morgan fingerprint density at radius 3 is 2.76 bits per heavy atom. The van der Waals surface area contributed by atoms with Gasteiger partial charge in [-0.05, 0) is 42.7 Å². The zero-order valence-corrected chi connectivity index (χ0v) is 16.7. The summed E-state index contributed by atoms with van der Waals surface area (Å²) >= 11 is 0. The second-order valence-electron chi connectivity index (χ2n) is 7.80. The number of piperidine rings is 1. The molecule has 1 aliphatic heterocycles. The fourth-order valence-electron chi connectivity index (χ4n) is 3.66. The fourth-order valence-corrected chi connectivity index (χ4v) is 3.66. The van der Waals surface area contributed by atoms with E-state index in [0.29, 0.717) is 13.1 Å². The summed E-state index contributed by atoms with van der Waals surface area (Å²) in [6.45, 7) is 6.00. The van der Waals surface area contributed by atoms with E-state index in [4.69, 9.17) is 5.10 Å². The van der Waals surface area contributed by atoms with Crippen molar-refractivity contribution >= 4 is 17.4 Å². The first-order chi connectivity index (χ1) is 14.0. The van der Waals surface area contributed by atoms with Crippen LogP contribution in [0.15, 0.2) is 36.4 Å². The molecule has 0 aliphatic carbocycles. The number of anilines is 1. The second-order valence-corrected chi connectivity index (χ2v) is 7.80. The van der Waals surface area contributed by atoms with Gasteiger partial charge in [0.25, 0.3) is 0 Å². The molecule has 1 fully saturated rings. The lowest BCUT2D eigenvalue weighted by atomic mass is 9.97. The van der Waals surface area contributed by atoms with Gasteiger partial charge >= 0.3 is 0 Å². The number of carbonyl (C=O) groups excluding carboxylic acids is 1. The Morgan fingerprint density at radius 2 is 2.00 bits per heavy atom. The third-order valence-electron chi connectivity index (χ3n) is 5.29. The molecular weight excluding hydrogens is 371 g/mol. The van der Waals surface area contributed by atoms with E-state index in [1.165, 1.54) is 12.1 Å². The molecule has 4 rings (SSSR count). The van der Waals surface area contributed by atoms with Crippen molar-refractivity contribution in [2.45, 2.75) is 39.2 Å². The molecule has 2 aromatic heterocycles. The summed E-state index contributed by atoms with van der Waals surface area (Å²) in [5, 5.41) is 16.1. The molecule has 8 heteroatoms. The Hall–Kier alpha value is -3.03. The molecule has 3 aromatic rings. The normalized spacial score (nSPS) is 17.1. The van der Waals surface area contributed by atoms with Gasteiger partial charge in [-0.25, -0.2) is 4.39 Å². The first kappa shape index (κ1) is 19.3. The number of carbonyl (C=O) groups is 1. The van der Waals surface area contributed by atoms with Gasteiger partial charge in [0, 0.05) is 25.6 Å². The van der Waals surface area contributed by atoms with Crippen LogP contribution < -0.4 is 10.2 Å². The van der Waals surface area contributed by atoms with Crippen molar-refractivity contribution < 1.29 is 9.18 Å². The lowest BCUT2D eigenvalue weighted by Gasteiger charge is -2.32. The Bertz CT molecular complexity index is 1000. The average Bonchev–Trinajstić information content (AvgIpc) is 3.17. The number of nitrogens with one attached hydrogen (secondary N) is 1. The van der Waals surface area contributed by atoms with Gasteiger partial charge < -0.3 is 10.2 Å². The number of nitrogens with zero attached hydrogens (tertiary/aromatic N) is 5. The van der Waals surface area contributed by atoms with Gasteiger partial charge in [0.05, 0.1) is 5.92 Å². The number of hydrogen-bond acceptors (Lipinski definition) is 5. The predicted molar refractivity (Wildman–Crippen MR) is 108 cm³/mol. The first-order valence-electron chi connectivity index (χ1n) is 10.0. The average molecular weight is 396 g/mol. The first-order valence-corrected chi connectivity index (χ1v) is 10.0. The van der Waals surface area contributed by atoms with Gasteiger partial charge in [0.2, 0.25) is 5.91 Å². The van der Waals surface area contributed by atoms with Gasteiger partial charge in [-0.1, -0.05) is 26.0 Å². The predicted octanol–water partition coefficient (Wildman–Crippen LogP) is 2.92. The van der Waals surface area contributed by atoms with Crippen LogP contribution in [-0.2, 0) is 11.3 Å². The van der Waals surface area contributed by atoms with Crippen molar-refractivity contribution in [2.75, 3.05) is 18.0 Å². The standard InChI is InChI=1S/C21H25FN6O/c1-14(2)20-25-24-18-9-10-19(26-28(18)20)27-11-3-4-16(13-27)21(29)23-12-15-5-7-17(22)8-6-15/h5-10,14,16H,3-4,11-13H2,1-2H3,(H,23,29). The highest BCUT2D eigenvalue weighted by molar-refractivity contribution is 5.79. The van der Waals surface area contributed by atoms with Gasteiger partial charge in [0.1, 0.15) is 11.6 Å². The van der Waals surface area contributed by atoms with E-state index >= 15 is 0 Å². The molecule has 1 atom stereocenters. The molecule has 152 valence electrons. The minimum atomic E-state index is -0.277. The SMILES string of the molecule is CC(C)c1nnc2ccc(N3CCCC(C(=O)NCc4ccc(F)cc4)C3)nn12. The molecular formula is C21H25FN6O. The van der Waals surface area contributed by atoms with E-state index < -0.39 is 0 Å². The van der Waals surface area contributed by atoms with E-state index in [-0.39, 0.29) is 23.6 Å². The zero-order chi connectivity index (χ0) is 20.4. The number of rotatable bonds is 5. The minimum Gasteiger partial charge on any atom is -0.354 e. The van der Waals surface area contributed by atoms with Crippen molar-refractivity contribution in [1.82, 2.24) is 25.1 Å². The van der Waals surface area contributed by atoms with Crippen LogP contribution in [0, 0.1) is 11.7 Å². The third-order valence-corrected chi connectivity index (χ3v) is 5.29. The van der Waals surface area contributed by atoms with Crippen molar-refractivity contribution in [2.24, 2.45) is 5.92 Å². The van der Waals surface area contributed by atoms with Crippen LogP contribution in [0.5, 0.6) is 0 Å². The van der Waals surface area contributed by atoms with Crippen LogP contribution in [0.1, 0.15) is 44.0 Å². The molecule has 0 radical (unpaired) electrons. The Balaban J connectivity index is 1.43. The van der Waals surface area contributed by atoms with E-state index in [0.717, 1.165) is 42.2 Å². The van der Waals surface area contributed by atoms with Gasteiger partial charge in [0.15, 0.2) is 11.5 Å². The molecule has 0 saturated carbocycles. The van der Waals surface area contributed by atoms with Crippen LogP contribution >= 0.6 is 0 Å². The van der Waals surface area contributed by atoms with Crippen LogP contribution in [0.25, 0.3) is 5.65 Å². The van der Waals surface area contributed by atoms with E-state index in [9.17, 15) is 9.18 Å². The van der Waals surface area contributed by atoms with Crippen LogP contribution in [0.2, 0.25) is 0 Å². The fraction of sp³-hybridized carbons (Fsp3) is 0.429. The Labute approximate surface area is 168 Å². The van der Waals surface area contributed by atoms with E-state index in [1.807, 2.05) is 12.1 Å². The highest BCUT2D eigenvalue weighted by Crippen LogP contribution is 2.23. The third kappa shape index (κ3) is 4.21. The van der Waals surface area contributed by atoms with E-state index in [1.54, 1.807) is 16.6 Å². The maximum Gasteiger partial charge on any atom is 0.225 e. The second kappa shape index (κ2) is 8.14. The quantitative estimate of drug-likeness (QED) is 0.718. The molecule has 1 aromatic carbocycles. The molecule has 1 amide bonds. The smallest absolute Gasteiger partial charge is 0.225 e. The molecule has 1 N–H and O–H groups in total. The number of benzene rings is 1. The Morgan fingerprint density at radius 1 is 1.21 bits per heavy atom. The zero-order valence-electron chi connectivity index (χ0n) is 16.7. The summed E-state index contributed by atoms with van der Waals surface area (Å²) in [6.07, 6.45) is 1.77. The highest BCUT2D eigenvalue weighted by Gasteiger charge is 2.27. The largest absolute Gasteiger partial charge is 0.354 e. The molecule has 3 heterocycles. The maximum atomic E-state index is 13.0. The maximum absolute atomic E-state index is 13.0. The number of amides is 1. The molecule has 29 heavy (non-hydrogen) atoms. The molecule has 0 bridgehead atoms. The summed E-state index contributed by atoms with van der Waals surface area (Å²) in [7, 11) is 0.